The van der Waals surface area contributed by atoms with Crippen molar-refractivity contribution in [3.63, 3.8) is 0 Å². The summed E-state index contributed by atoms with van der Waals surface area (Å²) in [5.41, 5.74) is 6.44. The Bertz CT molecular complexity index is 700. The van der Waals surface area contributed by atoms with Crippen LogP contribution in [-0.2, 0) is 11.2 Å². The first-order valence-corrected chi connectivity index (χ1v) is 8.72. The van der Waals surface area contributed by atoms with E-state index in [0.29, 0.717) is 31.5 Å². The van der Waals surface area contributed by atoms with Crippen molar-refractivity contribution in [3.05, 3.63) is 29.3 Å². The number of carbonyl (C=O) groups excluding carboxylic acids is 1. The van der Waals surface area contributed by atoms with Crippen molar-refractivity contribution in [2.45, 2.75) is 37.2 Å². The number of Topliss-reactive ketones (excluding diaryl/α,β-unsaturated/α-hetero) is 1. The second kappa shape index (κ2) is 7.75. The number of benzene rings is 1. The number of aromatic carboxylic acids is 1. The first-order valence-electron chi connectivity index (χ1n) is 8.72. The van der Waals surface area contributed by atoms with Crippen molar-refractivity contribution < 1.29 is 29.5 Å². The van der Waals surface area contributed by atoms with E-state index in [4.69, 9.17) is 10.4 Å². The summed E-state index contributed by atoms with van der Waals surface area (Å²) in [5, 5.41) is 29.2. The first-order chi connectivity index (χ1) is 12.3. The molecule has 3 rings (SSSR count). The second-order valence-corrected chi connectivity index (χ2v) is 7.07. The standard InChI is InChI=1S/C17H23BN2O6/c19-14-4-5-20(9-15(14)22)8-12(21)7-11-6-10-2-1-3-13(17(23)24)16(10)26-18(11)25/h1-3,11,14-15,22,25H,4-9,19H2,(H,23,24)/t11-,14?,15?/m1/s1. The van der Waals surface area contributed by atoms with E-state index in [1.165, 1.54) is 6.07 Å². The van der Waals surface area contributed by atoms with E-state index < -0.39 is 25.0 Å². The largest absolute Gasteiger partial charge is 0.535 e. The highest BCUT2D eigenvalue weighted by Crippen LogP contribution is 2.36. The van der Waals surface area contributed by atoms with Crippen LogP contribution in [0.4, 0.5) is 0 Å². The third kappa shape index (κ3) is 4.07. The Balaban J connectivity index is 1.61. The van der Waals surface area contributed by atoms with Gasteiger partial charge < -0.3 is 25.6 Å². The fourth-order valence-electron chi connectivity index (χ4n) is 3.59. The average molecular weight is 362 g/mol. The molecule has 2 aliphatic heterocycles. The summed E-state index contributed by atoms with van der Waals surface area (Å²) in [6, 6.07) is 4.54. The van der Waals surface area contributed by atoms with Gasteiger partial charge in [0.05, 0.1) is 18.2 Å². The molecule has 2 aliphatic rings. The van der Waals surface area contributed by atoms with Crippen LogP contribution in [0.2, 0.25) is 5.82 Å². The Labute approximate surface area is 151 Å². The second-order valence-electron chi connectivity index (χ2n) is 7.07. The van der Waals surface area contributed by atoms with Crippen LogP contribution in [0, 0.1) is 0 Å². The molecule has 26 heavy (non-hydrogen) atoms. The minimum absolute atomic E-state index is 0.00460. The number of likely N-dealkylation sites (tertiary alicyclic amines) is 1. The maximum atomic E-state index is 12.4. The Hall–Kier alpha value is -1.94. The molecule has 140 valence electrons. The molecule has 2 heterocycles. The number of fused-ring (bicyclic) bond motifs is 1. The lowest BCUT2D eigenvalue weighted by molar-refractivity contribution is -0.121. The zero-order chi connectivity index (χ0) is 18.8. The van der Waals surface area contributed by atoms with Crippen LogP contribution in [-0.4, -0.2) is 70.8 Å². The Kier molecular flexibility index (Phi) is 5.62. The van der Waals surface area contributed by atoms with Crippen LogP contribution < -0.4 is 10.4 Å². The van der Waals surface area contributed by atoms with E-state index in [0.717, 1.165) is 0 Å². The molecular weight excluding hydrogens is 339 g/mol. The number of ketones is 1. The van der Waals surface area contributed by atoms with Crippen molar-refractivity contribution in [3.8, 4) is 5.75 Å². The Morgan fingerprint density at radius 1 is 1.38 bits per heavy atom. The number of carboxylic acids is 1. The predicted octanol–water partition coefficient (Wildman–Crippen LogP) is -0.477. The van der Waals surface area contributed by atoms with Gasteiger partial charge in [0.2, 0.25) is 0 Å². The molecule has 1 fully saturated rings. The van der Waals surface area contributed by atoms with Gasteiger partial charge in [0.25, 0.3) is 0 Å². The molecule has 1 aromatic carbocycles. The summed E-state index contributed by atoms with van der Waals surface area (Å²) in [7, 11) is -1.23. The minimum Gasteiger partial charge on any atom is -0.535 e. The van der Waals surface area contributed by atoms with Gasteiger partial charge in [-0.3, -0.25) is 9.69 Å². The molecular formula is C17H23BN2O6. The highest BCUT2D eigenvalue weighted by Gasteiger charge is 2.38. The highest BCUT2D eigenvalue weighted by atomic mass is 16.5. The molecule has 3 atom stereocenters. The number of aliphatic hydroxyl groups excluding tert-OH is 1. The highest BCUT2D eigenvalue weighted by molar-refractivity contribution is 6.47. The van der Waals surface area contributed by atoms with Crippen molar-refractivity contribution in [1.29, 1.82) is 0 Å². The monoisotopic (exact) mass is 362 g/mol. The normalized spacial score (nSPS) is 26.1. The van der Waals surface area contributed by atoms with Gasteiger partial charge in [-0.15, -0.1) is 0 Å². The number of rotatable bonds is 5. The van der Waals surface area contributed by atoms with E-state index in [9.17, 15) is 24.8 Å². The molecule has 2 unspecified atom stereocenters. The van der Waals surface area contributed by atoms with Crippen molar-refractivity contribution in [2.24, 2.45) is 5.73 Å². The molecule has 8 nitrogen and oxygen atoms in total. The van der Waals surface area contributed by atoms with Crippen molar-refractivity contribution >= 4 is 18.9 Å². The third-order valence-electron chi connectivity index (χ3n) is 5.06. The van der Waals surface area contributed by atoms with Gasteiger partial charge >= 0.3 is 13.1 Å². The number of carbonyl (C=O) groups is 2. The first kappa shape index (κ1) is 18.8. The molecule has 9 heteroatoms. The number of β-amino-alcohol motifs (C(OH)–C–C–N with tert-alkyl or cyclic N) is 1. The van der Waals surface area contributed by atoms with E-state index in [1.807, 2.05) is 4.90 Å². The average Bonchev–Trinajstić information content (AvgIpc) is 2.58. The zero-order valence-electron chi connectivity index (χ0n) is 14.4. The fraction of sp³-hybridized carbons (Fsp3) is 0.529. The van der Waals surface area contributed by atoms with Crippen LogP contribution in [0.3, 0.4) is 0 Å². The van der Waals surface area contributed by atoms with Gasteiger partial charge in [0, 0.05) is 31.4 Å². The Morgan fingerprint density at radius 3 is 2.85 bits per heavy atom. The maximum Gasteiger partial charge on any atom is 0.526 e. The van der Waals surface area contributed by atoms with E-state index in [2.05, 4.69) is 0 Å². The quantitative estimate of drug-likeness (QED) is 0.517. The molecule has 5 N–H and O–H groups in total. The lowest BCUT2D eigenvalue weighted by Crippen LogP contribution is -2.51. The predicted molar refractivity (Wildman–Crippen MR) is 94.1 cm³/mol. The molecule has 0 bridgehead atoms. The van der Waals surface area contributed by atoms with Gasteiger partial charge in [-0.1, -0.05) is 12.1 Å². The number of hydrogen-bond acceptors (Lipinski definition) is 7. The summed E-state index contributed by atoms with van der Waals surface area (Å²) in [6.07, 6.45) is 0.490. The molecule has 0 radical (unpaired) electrons. The van der Waals surface area contributed by atoms with Gasteiger partial charge in [-0.05, 0) is 24.5 Å². The van der Waals surface area contributed by atoms with Crippen molar-refractivity contribution in [2.75, 3.05) is 19.6 Å². The SMILES string of the molecule is NC1CCN(CC(=O)C[C@H]2Cc3cccc(C(=O)O)c3OB2O)CC1O. The molecule has 1 saturated heterocycles. The molecule has 1 aromatic rings. The number of nitrogens with zero attached hydrogens (tertiary/aromatic N) is 1. The van der Waals surface area contributed by atoms with E-state index in [-0.39, 0.29) is 36.1 Å². The lowest BCUT2D eigenvalue weighted by atomic mass is 9.64. The van der Waals surface area contributed by atoms with E-state index in [1.54, 1.807) is 12.1 Å². The molecule has 0 amide bonds. The number of para-hydroxylation sites is 1. The minimum atomic E-state index is -1.23. The number of piperidine rings is 1. The summed E-state index contributed by atoms with van der Waals surface area (Å²) < 4.78 is 5.41. The summed E-state index contributed by atoms with van der Waals surface area (Å²) in [6.45, 7) is 1.20. The smallest absolute Gasteiger partial charge is 0.526 e. The van der Waals surface area contributed by atoms with Crippen LogP contribution in [0.25, 0.3) is 0 Å². The van der Waals surface area contributed by atoms with Crippen molar-refractivity contribution in [1.82, 2.24) is 4.90 Å². The van der Waals surface area contributed by atoms with Gasteiger partial charge in [0.1, 0.15) is 11.5 Å². The van der Waals surface area contributed by atoms with E-state index >= 15 is 0 Å². The van der Waals surface area contributed by atoms with Gasteiger partial charge in [0.15, 0.2) is 0 Å². The Morgan fingerprint density at radius 2 is 2.15 bits per heavy atom. The lowest BCUT2D eigenvalue weighted by Gasteiger charge is -2.34. The van der Waals surface area contributed by atoms with Crippen LogP contribution in [0.1, 0.15) is 28.8 Å². The number of carboxylic acid groups (broad SMARTS) is 1. The van der Waals surface area contributed by atoms with Gasteiger partial charge in [-0.25, -0.2) is 4.79 Å². The third-order valence-corrected chi connectivity index (χ3v) is 5.06. The van der Waals surface area contributed by atoms with Crippen LogP contribution in [0.15, 0.2) is 18.2 Å². The molecule has 0 spiro atoms. The number of aliphatic hydroxyl groups is 1. The summed E-state index contributed by atoms with van der Waals surface area (Å²) in [5.74, 6) is -1.44. The maximum absolute atomic E-state index is 12.4. The van der Waals surface area contributed by atoms with Crippen LogP contribution >= 0.6 is 0 Å². The molecule has 0 aliphatic carbocycles. The molecule has 0 aromatic heterocycles. The topological polar surface area (TPSA) is 133 Å². The molecule has 0 saturated carbocycles. The summed E-state index contributed by atoms with van der Waals surface area (Å²) in [4.78, 5) is 25.5. The number of nitrogens with two attached hydrogens (primary N) is 1. The number of hydrogen-bond donors (Lipinski definition) is 4. The fourth-order valence-corrected chi connectivity index (χ4v) is 3.59. The van der Waals surface area contributed by atoms with Gasteiger partial charge in [-0.2, -0.15) is 0 Å². The zero-order valence-corrected chi connectivity index (χ0v) is 14.4. The summed E-state index contributed by atoms with van der Waals surface area (Å²) >= 11 is 0. The van der Waals surface area contributed by atoms with Crippen LogP contribution in [0.5, 0.6) is 5.75 Å².